The molecule has 0 atom stereocenters. The summed E-state index contributed by atoms with van der Waals surface area (Å²) >= 11 is 0. The molecule has 0 unspecified atom stereocenters. The molecule has 0 spiro atoms. The van der Waals surface area contributed by atoms with Crippen molar-refractivity contribution in [3.05, 3.63) is 40.7 Å². The van der Waals surface area contributed by atoms with Gasteiger partial charge >= 0.3 is 11.6 Å². The van der Waals surface area contributed by atoms with E-state index in [4.69, 9.17) is 9.47 Å². The van der Waals surface area contributed by atoms with Gasteiger partial charge in [-0.1, -0.05) is 0 Å². The number of nitro groups is 1. The van der Waals surface area contributed by atoms with Crippen LogP contribution < -0.4 is 14.8 Å². The predicted octanol–water partition coefficient (Wildman–Crippen LogP) is 2.62. The van der Waals surface area contributed by atoms with Gasteiger partial charge < -0.3 is 14.8 Å². The molecule has 0 saturated heterocycles. The first-order chi connectivity index (χ1) is 10.2. The van der Waals surface area contributed by atoms with Gasteiger partial charge in [-0.15, -0.1) is 0 Å². The summed E-state index contributed by atoms with van der Waals surface area (Å²) in [6, 6.07) is 6.65. The second-order valence-electron chi connectivity index (χ2n) is 3.94. The fourth-order valence-electron chi connectivity index (χ4n) is 1.65. The quantitative estimate of drug-likeness (QED) is 0.644. The fourth-order valence-corrected chi connectivity index (χ4v) is 1.65. The summed E-state index contributed by atoms with van der Waals surface area (Å²) in [5.74, 6) is 1.09. The number of nitrogens with zero attached hydrogens (tertiary/aromatic N) is 3. The Morgan fingerprint density at radius 1 is 1.24 bits per heavy atom. The lowest BCUT2D eigenvalue weighted by Crippen LogP contribution is -2.06. The molecule has 8 nitrogen and oxygen atoms in total. The van der Waals surface area contributed by atoms with E-state index in [1.54, 1.807) is 31.4 Å². The number of anilines is 1. The first-order valence-corrected chi connectivity index (χ1v) is 6.21. The van der Waals surface area contributed by atoms with Crippen LogP contribution in [0.5, 0.6) is 17.4 Å². The lowest BCUT2D eigenvalue weighted by Gasteiger charge is -2.08. The molecule has 0 radical (unpaired) electrons. The van der Waals surface area contributed by atoms with E-state index in [0.717, 1.165) is 0 Å². The first kappa shape index (κ1) is 14.5. The molecule has 110 valence electrons. The Labute approximate surface area is 120 Å². The van der Waals surface area contributed by atoms with E-state index < -0.39 is 4.92 Å². The van der Waals surface area contributed by atoms with Gasteiger partial charge in [0.15, 0.2) is 0 Å². The lowest BCUT2D eigenvalue weighted by molar-refractivity contribution is -0.385. The molecule has 0 aliphatic heterocycles. The van der Waals surface area contributed by atoms with Crippen LogP contribution in [0, 0.1) is 10.1 Å². The molecule has 0 saturated carbocycles. The van der Waals surface area contributed by atoms with Crippen molar-refractivity contribution in [1.29, 1.82) is 0 Å². The molecule has 21 heavy (non-hydrogen) atoms. The molecule has 0 aliphatic carbocycles. The molecule has 1 aromatic carbocycles. The van der Waals surface area contributed by atoms with Crippen molar-refractivity contribution in [2.75, 3.05) is 19.0 Å². The van der Waals surface area contributed by atoms with Crippen molar-refractivity contribution in [2.24, 2.45) is 0 Å². The molecule has 0 aliphatic rings. The summed E-state index contributed by atoms with van der Waals surface area (Å²) in [5, 5.41) is 14.0. The molecule has 0 fully saturated rings. The van der Waals surface area contributed by atoms with Crippen LogP contribution in [-0.4, -0.2) is 28.5 Å². The van der Waals surface area contributed by atoms with Gasteiger partial charge in [0.1, 0.15) is 17.8 Å². The minimum Gasteiger partial charge on any atom is -0.497 e. The van der Waals surface area contributed by atoms with Crippen molar-refractivity contribution in [2.45, 2.75) is 6.92 Å². The van der Waals surface area contributed by atoms with Crippen LogP contribution in [0.3, 0.4) is 0 Å². The molecule has 1 heterocycles. The Morgan fingerprint density at radius 2 is 1.90 bits per heavy atom. The van der Waals surface area contributed by atoms with Gasteiger partial charge in [0, 0.05) is 6.54 Å². The molecular weight excluding hydrogens is 276 g/mol. The van der Waals surface area contributed by atoms with Crippen LogP contribution in [0.15, 0.2) is 30.6 Å². The Morgan fingerprint density at radius 3 is 2.48 bits per heavy atom. The van der Waals surface area contributed by atoms with Crippen LogP contribution in [0.2, 0.25) is 0 Å². The molecule has 1 aromatic heterocycles. The van der Waals surface area contributed by atoms with Crippen LogP contribution in [-0.2, 0) is 0 Å². The zero-order valence-electron chi connectivity index (χ0n) is 11.6. The maximum Gasteiger partial charge on any atom is 0.373 e. The van der Waals surface area contributed by atoms with E-state index in [-0.39, 0.29) is 17.4 Å². The third kappa shape index (κ3) is 3.35. The van der Waals surface area contributed by atoms with Crippen molar-refractivity contribution >= 4 is 11.5 Å². The van der Waals surface area contributed by atoms with Crippen molar-refractivity contribution in [1.82, 2.24) is 9.97 Å². The number of hydrogen-bond donors (Lipinski definition) is 1. The Bertz CT molecular complexity index is 631. The first-order valence-electron chi connectivity index (χ1n) is 6.21. The summed E-state index contributed by atoms with van der Waals surface area (Å²) < 4.78 is 10.5. The number of nitrogens with one attached hydrogen (secondary N) is 1. The minimum absolute atomic E-state index is 0.115. The van der Waals surface area contributed by atoms with Gasteiger partial charge in [-0.2, -0.15) is 4.98 Å². The second kappa shape index (κ2) is 6.51. The highest BCUT2D eigenvalue weighted by Gasteiger charge is 2.24. The SMILES string of the molecule is CCNc1ncnc(Oc2ccc(OC)cc2)c1[N+](=O)[O-]. The molecule has 1 N–H and O–H groups in total. The number of aromatic nitrogens is 2. The average molecular weight is 290 g/mol. The zero-order valence-corrected chi connectivity index (χ0v) is 11.6. The molecule has 0 amide bonds. The monoisotopic (exact) mass is 290 g/mol. The molecular formula is C13H14N4O4. The number of benzene rings is 1. The minimum atomic E-state index is -0.573. The van der Waals surface area contributed by atoms with E-state index in [0.29, 0.717) is 18.0 Å². The van der Waals surface area contributed by atoms with Gasteiger partial charge in [0.2, 0.25) is 5.82 Å². The molecule has 0 bridgehead atoms. The van der Waals surface area contributed by atoms with Gasteiger partial charge in [0.05, 0.1) is 12.0 Å². The number of hydrogen-bond acceptors (Lipinski definition) is 7. The lowest BCUT2D eigenvalue weighted by atomic mass is 10.3. The van der Waals surface area contributed by atoms with Gasteiger partial charge in [-0.05, 0) is 31.2 Å². The Kier molecular flexibility index (Phi) is 4.50. The van der Waals surface area contributed by atoms with Gasteiger partial charge in [-0.3, -0.25) is 10.1 Å². The van der Waals surface area contributed by atoms with E-state index in [2.05, 4.69) is 15.3 Å². The highest BCUT2D eigenvalue weighted by molar-refractivity contribution is 5.61. The van der Waals surface area contributed by atoms with E-state index in [9.17, 15) is 10.1 Å². The normalized spacial score (nSPS) is 10.0. The maximum absolute atomic E-state index is 11.2. The Balaban J connectivity index is 2.33. The maximum atomic E-state index is 11.2. The third-order valence-corrected chi connectivity index (χ3v) is 2.59. The second-order valence-corrected chi connectivity index (χ2v) is 3.94. The van der Waals surface area contributed by atoms with E-state index in [1.807, 2.05) is 6.92 Å². The number of rotatable bonds is 6. The Hall–Kier alpha value is -2.90. The number of methoxy groups -OCH3 is 1. The summed E-state index contributed by atoms with van der Waals surface area (Å²) in [6.45, 7) is 2.32. The largest absolute Gasteiger partial charge is 0.497 e. The van der Waals surface area contributed by atoms with Crippen molar-refractivity contribution in [3.63, 3.8) is 0 Å². The topological polar surface area (TPSA) is 99.4 Å². The zero-order chi connectivity index (χ0) is 15.2. The van der Waals surface area contributed by atoms with Crippen molar-refractivity contribution in [3.8, 4) is 17.4 Å². The molecule has 2 rings (SSSR count). The fraction of sp³-hybridized carbons (Fsp3) is 0.231. The summed E-state index contributed by atoms with van der Waals surface area (Å²) in [6.07, 6.45) is 1.21. The van der Waals surface area contributed by atoms with Gasteiger partial charge in [-0.25, -0.2) is 4.98 Å². The van der Waals surface area contributed by atoms with Crippen molar-refractivity contribution < 1.29 is 14.4 Å². The van der Waals surface area contributed by atoms with Crippen LogP contribution in [0.4, 0.5) is 11.5 Å². The summed E-state index contributed by atoms with van der Waals surface area (Å²) in [4.78, 5) is 18.3. The highest BCUT2D eigenvalue weighted by Crippen LogP contribution is 2.34. The standard InChI is InChI=1S/C13H14N4O4/c1-3-14-12-11(17(18)19)13(16-8-15-12)21-10-6-4-9(20-2)5-7-10/h4-8H,3H2,1-2H3,(H,14,15,16). The van der Waals surface area contributed by atoms with Crippen LogP contribution >= 0.6 is 0 Å². The van der Waals surface area contributed by atoms with E-state index in [1.165, 1.54) is 6.33 Å². The van der Waals surface area contributed by atoms with E-state index >= 15 is 0 Å². The summed E-state index contributed by atoms with van der Waals surface area (Å²) in [5.41, 5.74) is -0.296. The van der Waals surface area contributed by atoms with Crippen LogP contribution in [0.25, 0.3) is 0 Å². The van der Waals surface area contributed by atoms with Crippen LogP contribution in [0.1, 0.15) is 6.92 Å². The third-order valence-electron chi connectivity index (χ3n) is 2.59. The summed E-state index contributed by atoms with van der Waals surface area (Å²) in [7, 11) is 1.55. The molecule has 2 aromatic rings. The molecule has 8 heteroatoms. The highest BCUT2D eigenvalue weighted by atomic mass is 16.6. The predicted molar refractivity (Wildman–Crippen MR) is 75.9 cm³/mol. The average Bonchev–Trinajstić information content (AvgIpc) is 2.48. The number of ether oxygens (including phenoxy) is 2. The van der Waals surface area contributed by atoms with Gasteiger partial charge in [0.25, 0.3) is 0 Å². The smallest absolute Gasteiger partial charge is 0.373 e.